The molecule has 0 aromatic carbocycles. The van der Waals surface area contributed by atoms with Crippen molar-refractivity contribution in [1.82, 2.24) is 15.0 Å². The summed E-state index contributed by atoms with van der Waals surface area (Å²) in [5, 5.41) is 1.25. The smallest absolute Gasteiger partial charge is 0.267 e. The van der Waals surface area contributed by atoms with E-state index in [2.05, 4.69) is 34.5 Å². The van der Waals surface area contributed by atoms with Crippen LogP contribution in [0, 0.1) is 12.8 Å². The number of hydrogen-bond donors (Lipinski definition) is 2. The zero-order valence-electron chi connectivity index (χ0n) is 17.9. The Morgan fingerprint density at radius 3 is 2.87 bits per heavy atom. The molecule has 0 bridgehead atoms. The Bertz CT molecular complexity index is 1060. The lowest BCUT2D eigenvalue weighted by Crippen LogP contribution is -2.30. The van der Waals surface area contributed by atoms with E-state index in [9.17, 15) is 0 Å². The lowest BCUT2D eigenvalue weighted by Gasteiger charge is -2.26. The standard InChI is InChI=1S/C24H31N5O/c1-3-21-16(2)23-18(11-10-17-6-4-8-19(25)12-17)7-5-9-22(29-24(23)28-21)30-20-13-26-15-27-14-20/h5,13-15,17,19H,3-4,6-8,10-12,25H2,1-2H3,(H,28,29). The van der Waals surface area contributed by atoms with Gasteiger partial charge in [0.05, 0.1) is 12.4 Å². The van der Waals surface area contributed by atoms with E-state index in [4.69, 9.17) is 15.5 Å². The van der Waals surface area contributed by atoms with Crippen molar-refractivity contribution in [1.29, 1.82) is 0 Å². The molecular formula is C24H31N5O. The van der Waals surface area contributed by atoms with Gasteiger partial charge in [-0.2, -0.15) is 4.99 Å². The van der Waals surface area contributed by atoms with Gasteiger partial charge in [-0.25, -0.2) is 9.97 Å². The molecule has 2 atom stereocenters. The topological polar surface area (TPSA) is 89.2 Å². The minimum Gasteiger partial charge on any atom is -0.429 e. The van der Waals surface area contributed by atoms with Crippen LogP contribution in [0.3, 0.4) is 0 Å². The number of aryl methyl sites for hydroxylation is 1. The minimum atomic E-state index is 0.377. The molecule has 0 amide bonds. The average Bonchev–Trinajstić information content (AvgIpc) is 3.04. The second-order valence-electron chi connectivity index (χ2n) is 8.39. The van der Waals surface area contributed by atoms with E-state index in [1.165, 1.54) is 54.1 Å². The molecule has 1 aliphatic heterocycles. The Labute approximate surface area is 177 Å². The quantitative estimate of drug-likeness (QED) is 0.722. The Morgan fingerprint density at radius 2 is 2.10 bits per heavy atom. The molecule has 30 heavy (non-hydrogen) atoms. The van der Waals surface area contributed by atoms with E-state index in [-0.39, 0.29) is 0 Å². The van der Waals surface area contributed by atoms with Crippen LogP contribution < -0.4 is 21.2 Å². The molecule has 2 aromatic rings. The fourth-order valence-corrected chi connectivity index (χ4v) is 4.70. The molecular weight excluding hydrogens is 374 g/mol. The molecule has 3 N–H and O–H groups in total. The molecule has 1 fully saturated rings. The van der Waals surface area contributed by atoms with E-state index in [1.54, 1.807) is 12.4 Å². The predicted molar refractivity (Wildman–Crippen MR) is 117 cm³/mol. The number of nitrogens with zero attached hydrogens (tertiary/aromatic N) is 3. The van der Waals surface area contributed by atoms with Gasteiger partial charge >= 0.3 is 0 Å². The first-order valence-electron chi connectivity index (χ1n) is 11.1. The van der Waals surface area contributed by atoms with Crippen LogP contribution in [0.1, 0.15) is 63.1 Å². The van der Waals surface area contributed by atoms with Crippen molar-refractivity contribution in [3.05, 3.63) is 58.4 Å². The molecule has 2 unspecified atom stereocenters. The van der Waals surface area contributed by atoms with E-state index >= 15 is 0 Å². The summed E-state index contributed by atoms with van der Waals surface area (Å²) in [5.41, 5.74) is 14.2. The summed E-state index contributed by atoms with van der Waals surface area (Å²) in [5.74, 6) is 1.71. The number of allylic oxidation sites excluding steroid dienone is 1. The maximum atomic E-state index is 6.21. The third kappa shape index (κ3) is 4.72. The monoisotopic (exact) mass is 405 g/mol. The summed E-state index contributed by atoms with van der Waals surface area (Å²) in [6.07, 6.45) is 15.7. The van der Waals surface area contributed by atoms with Crippen molar-refractivity contribution in [2.75, 3.05) is 0 Å². The summed E-state index contributed by atoms with van der Waals surface area (Å²) in [4.78, 5) is 16.3. The van der Waals surface area contributed by atoms with Gasteiger partial charge in [0.25, 0.3) is 5.88 Å². The van der Waals surface area contributed by atoms with Crippen LogP contribution in [0.2, 0.25) is 0 Å². The molecule has 4 rings (SSSR count). The van der Waals surface area contributed by atoms with E-state index in [0.29, 0.717) is 17.7 Å². The molecule has 0 radical (unpaired) electrons. The van der Waals surface area contributed by atoms with Crippen molar-refractivity contribution < 1.29 is 4.74 Å². The molecule has 6 nitrogen and oxygen atoms in total. The van der Waals surface area contributed by atoms with Crippen LogP contribution >= 0.6 is 0 Å². The highest BCUT2D eigenvalue weighted by Gasteiger charge is 2.20. The molecule has 0 saturated heterocycles. The number of rotatable bonds is 6. The number of ether oxygens (including phenoxy) is 1. The largest absolute Gasteiger partial charge is 0.429 e. The summed E-state index contributed by atoms with van der Waals surface area (Å²) >= 11 is 0. The van der Waals surface area contributed by atoms with E-state index in [1.807, 2.05) is 6.08 Å². The van der Waals surface area contributed by atoms with Gasteiger partial charge in [0, 0.05) is 17.0 Å². The average molecular weight is 406 g/mol. The second-order valence-corrected chi connectivity index (χ2v) is 8.39. The zero-order valence-corrected chi connectivity index (χ0v) is 17.9. The number of fused-ring (bicyclic) bond motifs is 1. The van der Waals surface area contributed by atoms with Crippen LogP contribution in [0.5, 0.6) is 5.75 Å². The highest BCUT2D eigenvalue weighted by molar-refractivity contribution is 5.49. The van der Waals surface area contributed by atoms with Crippen LogP contribution in [0.25, 0.3) is 5.57 Å². The molecule has 3 heterocycles. The Hall–Kier alpha value is -2.69. The van der Waals surface area contributed by atoms with Crippen molar-refractivity contribution in [2.24, 2.45) is 16.6 Å². The van der Waals surface area contributed by atoms with Crippen molar-refractivity contribution >= 4 is 5.57 Å². The fraction of sp³-hybridized carbons (Fsp3) is 0.500. The number of aromatic amines is 1. The molecule has 158 valence electrons. The first kappa shape index (κ1) is 20.6. The molecule has 1 saturated carbocycles. The van der Waals surface area contributed by atoms with Gasteiger partial charge in [-0.3, -0.25) is 0 Å². The Balaban J connectivity index is 1.67. The van der Waals surface area contributed by atoms with Crippen LogP contribution in [-0.4, -0.2) is 21.0 Å². The Kier molecular flexibility index (Phi) is 6.46. The number of nitrogens with one attached hydrogen (secondary N) is 1. The summed E-state index contributed by atoms with van der Waals surface area (Å²) in [6, 6.07) is 0.377. The Morgan fingerprint density at radius 1 is 1.27 bits per heavy atom. The minimum absolute atomic E-state index is 0.377. The van der Waals surface area contributed by atoms with Gasteiger partial charge in [-0.1, -0.05) is 31.1 Å². The van der Waals surface area contributed by atoms with Crippen molar-refractivity contribution in [2.45, 2.75) is 71.3 Å². The zero-order chi connectivity index (χ0) is 20.9. The van der Waals surface area contributed by atoms with Gasteiger partial charge < -0.3 is 15.5 Å². The third-order valence-corrected chi connectivity index (χ3v) is 6.26. The molecule has 6 heteroatoms. The summed E-state index contributed by atoms with van der Waals surface area (Å²) < 4.78 is 5.87. The van der Waals surface area contributed by atoms with E-state index < -0.39 is 0 Å². The molecule has 0 spiro atoms. The molecule has 1 aliphatic carbocycles. The SMILES string of the molecule is CCc1[nH]c2c(c1C)=C(CCC1CCCC(N)C1)CC=C=C(Oc1cncnc1)N=2. The van der Waals surface area contributed by atoms with Crippen LogP contribution in [0.15, 0.2) is 41.4 Å². The predicted octanol–water partition coefficient (Wildman–Crippen LogP) is 3.22. The van der Waals surface area contributed by atoms with Gasteiger partial charge in [-0.05, 0) is 63.0 Å². The number of aromatic nitrogens is 3. The fourth-order valence-electron chi connectivity index (χ4n) is 4.70. The normalized spacial score (nSPS) is 21.3. The first-order valence-corrected chi connectivity index (χ1v) is 11.1. The first-order chi connectivity index (χ1) is 14.6. The highest BCUT2D eigenvalue weighted by atomic mass is 16.5. The molecule has 2 aliphatic rings. The van der Waals surface area contributed by atoms with Crippen molar-refractivity contribution in [3.8, 4) is 5.75 Å². The van der Waals surface area contributed by atoms with Gasteiger partial charge in [0.15, 0.2) is 5.75 Å². The van der Waals surface area contributed by atoms with Crippen molar-refractivity contribution in [3.63, 3.8) is 0 Å². The lowest BCUT2D eigenvalue weighted by molar-refractivity contribution is 0.309. The second kappa shape index (κ2) is 9.41. The van der Waals surface area contributed by atoms with Crippen LogP contribution in [-0.2, 0) is 6.42 Å². The third-order valence-electron chi connectivity index (χ3n) is 6.26. The molecule has 2 aromatic heterocycles. The number of hydrogen-bond acceptors (Lipinski definition) is 5. The van der Waals surface area contributed by atoms with E-state index in [0.717, 1.165) is 37.1 Å². The number of H-pyrrole nitrogens is 1. The van der Waals surface area contributed by atoms with Crippen LogP contribution in [0.4, 0.5) is 0 Å². The van der Waals surface area contributed by atoms with Gasteiger partial charge in [0.2, 0.25) is 0 Å². The maximum Gasteiger partial charge on any atom is 0.267 e. The van der Waals surface area contributed by atoms with Gasteiger partial charge in [0.1, 0.15) is 11.8 Å². The van der Waals surface area contributed by atoms with Gasteiger partial charge in [-0.15, -0.1) is 0 Å². The number of nitrogens with two attached hydrogens (primary N) is 1. The maximum absolute atomic E-state index is 6.21. The highest BCUT2D eigenvalue weighted by Crippen LogP contribution is 2.29. The lowest BCUT2D eigenvalue weighted by atomic mass is 9.82. The summed E-state index contributed by atoms with van der Waals surface area (Å²) in [7, 11) is 0. The summed E-state index contributed by atoms with van der Waals surface area (Å²) in [6.45, 7) is 4.36.